The van der Waals surface area contributed by atoms with Crippen molar-refractivity contribution in [2.75, 3.05) is 25.9 Å². The zero-order valence-corrected chi connectivity index (χ0v) is 16.9. The lowest BCUT2D eigenvalue weighted by Gasteiger charge is -2.14. The van der Waals surface area contributed by atoms with E-state index in [1.807, 2.05) is 14.0 Å². The molecule has 5 nitrogen and oxygen atoms in total. The monoisotopic (exact) mass is 437 g/mol. The van der Waals surface area contributed by atoms with E-state index in [1.165, 1.54) is 24.3 Å². The minimum atomic E-state index is 0. The average Bonchev–Trinajstić information content (AvgIpc) is 3.08. The molecule has 0 amide bonds. The summed E-state index contributed by atoms with van der Waals surface area (Å²) in [4.78, 5) is 4.28. The summed E-state index contributed by atoms with van der Waals surface area (Å²) in [6, 6.07) is 2.12. The fraction of sp³-hybridized carbons (Fsp3) is 0.733. The number of aryl methyl sites for hydroxylation is 3. The van der Waals surface area contributed by atoms with Crippen LogP contribution in [0.1, 0.15) is 30.7 Å². The van der Waals surface area contributed by atoms with E-state index in [9.17, 15) is 0 Å². The third kappa shape index (κ3) is 6.36. The SMILES string of the molecule is CN=C(NCCCn1nc(C)cc1C)NCC1CCCS1.I. The molecule has 126 valence electrons. The molecule has 1 aliphatic rings. The summed E-state index contributed by atoms with van der Waals surface area (Å²) in [5.41, 5.74) is 2.32. The third-order valence-corrected chi connectivity index (χ3v) is 5.09. The van der Waals surface area contributed by atoms with Crippen LogP contribution in [0.2, 0.25) is 0 Å². The van der Waals surface area contributed by atoms with Crippen molar-refractivity contribution < 1.29 is 0 Å². The quantitative estimate of drug-likeness (QED) is 0.311. The normalized spacial score (nSPS) is 18.1. The Hall–Kier alpha value is -0.440. The van der Waals surface area contributed by atoms with Gasteiger partial charge in [-0.3, -0.25) is 9.67 Å². The number of aromatic nitrogens is 2. The van der Waals surface area contributed by atoms with Crippen molar-refractivity contribution in [3.8, 4) is 0 Å². The van der Waals surface area contributed by atoms with Gasteiger partial charge in [0.2, 0.25) is 0 Å². The first-order valence-corrected chi connectivity index (χ1v) is 8.81. The van der Waals surface area contributed by atoms with Gasteiger partial charge in [0.25, 0.3) is 0 Å². The summed E-state index contributed by atoms with van der Waals surface area (Å²) in [6.45, 7) is 7.02. The van der Waals surface area contributed by atoms with Gasteiger partial charge in [0, 0.05) is 37.6 Å². The molecular formula is C15H28IN5S. The first-order valence-electron chi connectivity index (χ1n) is 7.76. The van der Waals surface area contributed by atoms with E-state index >= 15 is 0 Å². The van der Waals surface area contributed by atoms with Crippen molar-refractivity contribution in [1.29, 1.82) is 0 Å². The maximum absolute atomic E-state index is 4.48. The zero-order valence-electron chi connectivity index (χ0n) is 13.8. The first kappa shape index (κ1) is 19.6. The molecule has 1 aromatic rings. The molecule has 2 N–H and O–H groups in total. The van der Waals surface area contributed by atoms with Gasteiger partial charge in [-0.2, -0.15) is 16.9 Å². The average molecular weight is 437 g/mol. The van der Waals surface area contributed by atoms with Gasteiger partial charge in [-0.25, -0.2) is 0 Å². The zero-order chi connectivity index (χ0) is 15.1. The molecule has 0 aromatic carbocycles. The standard InChI is InChI=1S/C15H27N5S.HI/c1-12-10-13(2)20(19-12)8-5-7-17-15(16-3)18-11-14-6-4-9-21-14;/h10,14H,4-9,11H2,1-3H3,(H2,16,17,18);1H. The van der Waals surface area contributed by atoms with Crippen LogP contribution in [0.5, 0.6) is 0 Å². The highest BCUT2D eigenvalue weighted by Gasteiger charge is 2.15. The minimum Gasteiger partial charge on any atom is -0.356 e. The lowest BCUT2D eigenvalue weighted by atomic mass is 10.2. The molecule has 0 saturated carbocycles. The van der Waals surface area contributed by atoms with Crippen LogP contribution < -0.4 is 10.6 Å². The van der Waals surface area contributed by atoms with Crippen molar-refractivity contribution in [2.24, 2.45) is 4.99 Å². The van der Waals surface area contributed by atoms with E-state index in [2.05, 4.69) is 50.2 Å². The van der Waals surface area contributed by atoms with Crippen LogP contribution in [0.4, 0.5) is 0 Å². The van der Waals surface area contributed by atoms with Crippen LogP contribution in [-0.4, -0.2) is 46.9 Å². The number of rotatable bonds is 6. The van der Waals surface area contributed by atoms with Gasteiger partial charge in [0.15, 0.2) is 5.96 Å². The number of guanidine groups is 1. The second-order valence-corrected chi connectivity index (χ2v) is 6.93. The molecule has 0 radical (unpaired) electrons. The molecule has 7 heteroatoms. The fourth-order valence-electron chi connectivity index (χ4n) is 2.57. The van der Waals surface area contributed by atoms with Gasteiger partial charge in [0.1, 0.15) is 0 Å². The Kier molecular flexibility index (Phi) is 9.23. The maximum Gasteiger partial charge on any atom is 0.191 e. The minimum absolute atomic E-state index is 0. The number of halogens is 1. The van der Waals surface area contributed by atoms with Gasteiger partial charge in [0.05, 0.1) is 5.69 Å². The summed E-state index contributed by atoms with van der Waals surface area (Å²) in [6.07, 6.45) is 3.72. The highest BCUT2D eigenvalue weighted by molar-refractivity contribution is 14.0. The van der Waals surface area contributed by atoms with Gasteiger partial charge in [-0.05, 0) is 44.9 Å². The predicted octanol–water partition coefficient (Wildman–Crippen LogP) is 2.57. The highest BCUT2D eigenvalue weighted by Crippen LogP contribution is 2.25. The number of aliphatic imine (C=N–C) groups is 1. The summed E-state index contributed by atoms with van der Waals surface area (Å²) in [7, 11) is 1.83. The van der Waals surface area contributed by atoms with Crippen molar-refractivity contribution in [3.63, 3.8) is 0 Å². The van der Waals surface area contributed by atoms with E-state index in [1.54, 1.807) is 0 Å². The van der Waals surface area contributed by atoms with Crippen LogP contribution >= 0.6 is 35.7 Å². The van der Waals surface area contributed by atoms with Crippen LogP contribution in [0.3, 0.4) is 0 Å². The van der Waals surface area contributed by atoms with Crippen LogP contribution in [0.25, 0.3) is 0 Å². The summed E-state index contributed by atoms with van der Waals surface area (Å²) >= 11 is 2.07. The summed E-state index contributed by atoms with van der Waals surface area (Å²) in [5, 5.41) is 12.0. The van der Waals surface area contributed by atoms with E-state index < -0.39 is 0 Å². The second-order valence-electron chi connectivity index (χ2n) is 5.52. The molecule has 0 spiro atoms. The number of hydrogen-bond donors (Lipinski definition) is 2. The second kappa shape index (κ2) is 10.4. The molecule has 1 saturated heterocycles. The van der Waals surface area contributed by atoms with Gasteiger partial charge >= 0.3 is 0 Å². The Balaban J connectivity index is 0.00000242. The van der Waals surface area contributed by atoms with Crippen molar-refractivity contribution in [3.05, 3.63) is 17.5 Å². The van der Waals surface area contributed by atoms with E-state index in [4.69, 9.17) is 0 Å². The van der Waals surface area contributed by atoms with E-state index in [0.29, 0.717) is 0 Å². The lowest BCUT2D eigenvalue weighted by Crippen LogP contribution is -2.40. The molecule has 1 aromatic heterocycles. The Morgan fingerprint density at radius 3 is 2.86 bits per heavy atom. The predicted molar refractivity (Wildman–Crippen MR) is 107 cm³/mol. The number of thioether (sulfide) groups is 1. The molecule has 2 heterocycles. The first-order chi connectivity index (χ1) is 10.2. The molecule has 1 aliphatic heterocycles. The van der Waals surface area contributed by atoms with Crippen LogP contribution in [-0.2, 0) is 6.54 Å². The molecule has 0 bridgehead atoms. The topological polar surface area (TPSA) is 54.2 Å². The van der Waals surface area contributed by atoms with Crippen LogP contribution in [0, 0.1) is 13.8 Å². The molecule has 1 atom stereocenters. The smallest absolute Gasteiger partial charge is 0.191 e. The molecular weight excluding hydrogens is 409 g/mol. The van der Waals surface area contributed by atoms with Gasteiger partial charge in [-0.1, -0.05) is 0 Å². The number of nitrogens with zero attached hydrogens (tertiary/aromatic N) is 3. The van der Waals surface area contributed by atoms with E-state index in [-0.39, 0.29) is 24.0 Å². The lowest BCUT2D eigenvalue weighted by molar-refractivity contribution is 0.555. The Morgan fingerprint density at radius 1 is 1.45 bits per heavy atom. The van der Waals surface area contributed by atoms with Crippen molar-refractivity contribution in [1.82, 2.24) is 20.4 Å². The van der Waals surface area contributed by atoms with Crippen molar-refractivity contribution in [2.45, 2.75) is 44.9 Å². The molecule has 22 heavy (non-hydrogen) atoms. The number of hydrogen-bond acceptors (Lipinski definition) is 3. The molecule has 1 fully saturated rings. The van der Waals surface area contributed by atoms with Crippen molar-refractivity contribution >= 4 is 41.7 Å². The van der Waals surface area contributed by atoms with Crippen LogP contribution in [0.15, 0.2) is 11.1 Å². The van der Waals surface area contributed by atoms with Gasteiger partial charge < -0.3 is 10.6 Å². The number of nitrogens with one attached hydrogen (secondary N) is 2. The maximum atomic E-state index is 4.48. The van der Waals surface area contributed by atoms with Gasteiger partial charge in [-0.15, -0.1) is 24.0 Å². The molecule has 1 unspecified atom stereocenters. The Bertz CT molecular complexity index is 468. The third-order valence-electron chi connectivity index (χ3n) is 3.69. The molecule has 0 aliphatic carbocycles. The molecule has 2 rings (SSSR count). The highest BCUT2D eigenvalue weighted by atomic mass is 127. The Labute approximate surface area is 155 Å². The fourth-order valence-corrected chi connectivity index (χ4v) is 3.77. The van der Waals surface area contributed by atoms with E-state index in [0.717, 1.165) is 43.0 Å². The summed E-state index contributed by atoms with van der Waals surface area (Å²) < 4.78 is 2.07. The summed E-state index contributed by atoms with van der Waals surface area (Å²) in [5.74, 6) is 2.22. The Morgan fingerprint density at radius 2 is 2.27 bits per heavy atom. The largest absolute Gasteiger partial charge is 0.356 e.